The number of carbonyl (C=O) groups excluding carboxylic acids is 1. The zero-order valence-electron chi connectivity index (χ0n) is 7.28. The summed E-state index contributed by atoms with van der Waals surface area (Å²) in [6.45, 7) is 1.61. The first-order chi connectivity index (χ1) is 6.43. The summed E-state index contributed by atoms with van der Waals surface area (Å²) in [5.74, 6) is -0.862. The summed E-state index contributed by atoms with van der Waals surface area (Å²) < 4.78 is 0. The molecule has 0 unspecified atom stereocenters. The van der Waals surface area contributed by atoms with Crippen LogP contribution in [0.1, 0.15) is 15.9 Å². The molecule has 6 heteroatoms. The number of carbonyl (C=O) groups is 1. The third-order valence-electron chi connectivity index (χ3n) is 1.74. The molecule has 0 aromatic heterocycles. The zero-order chi connectivity index (χ0) is 10.9. The highest BCUT2D eigenvalue weighted by Crippen LogP contribution is 2.25. The third kappa shape index (κ3) is 1.82. The Morgan fingerprint density at radius 2 is 2.14 bits per heavy atom. The van der Waals surface area contributed by atoms with E-state index in [9.17, 15) is 14.9 Å². The maximum absolute atomic E-state index is 10.8. The second kappa shape index (κ2) is 3.63. The maximum atomic E-state index is 10.8. The molecular weight excluding hydrogens is 208 g/mol. The van der Waals surface area contributed by atoms with Crippen LogP contribution in [0, 0.1) is 17.0 Å². The fourth-order valence-electron chi connectivity index (χ4n) is 1.01. The molecule has 14 heavy (non-hydrogen) atoms. The predicted octanol–water partition coefficient (Wildman–Crippen LogP) is 1.66. The number of aryl methyl sites for hydroxylation is 1. The van der Waals surface area contributed by atoms with Crippen LogP contribution in [0.15, 0.2) is 12.1 Å². The second-order valence-corrected chi connectivity index (χ2v) is 3.15. The molecule has 0 radical (unpaired) electrons. The first-order valence-electron chi connectivity index (χ1n) is 3.68. The molecule has 0 saturated carbocycles. The molecule has 0 spiro atoms. The number of rotatable bonds is 2. The van der Waals surface area contributed by atoms with Gasteiger partial charge in [0.1, 0.15) is 5.56 Å². The molecular formula is C8H7ClN2O3. The number of halogens is 1. The van der Waals surface area contributed by atoms with Gasteiger partial charge in [0.05, 0.1) is 4.92 Å². The van der Waals surface area contributed by atoms with Crippen molar-refractivity contribution in [1.82, 2.24) is 0 Å². The SMILES string of the molecule is Cc1cc([N+](=O)[O-])c(C(N)=O)cc1Cl. The Morgan fingerprint density at radius 1 is 1.57 bits per heavy atom. The Labute approximate surface area is 84.6 Å². The summed E-state index contributed by atoms with van der Waals surface area (Å²) in [4.78, 5) is 20.7. The predicted molar refractivity (Wildman–Crippen MR) is 51.4 cm³/mol. The van der Waals surface area contributed by atoms with Gasteiger partial charge in [-0.3, -0.25) is 14.9 Å². The lowest BCUT2D eigenvalue weighted by Crippen LogP contribution is -2.13. The molecule has 1 amide bonds. The van der Waals surface area contributed by atoms with Crippen molar-refractivity contribution < 1.29 is 9.72 Å². The van der Waals surface area contributed by atoms with E-state index in [1.54, 1.807) is 6.92 Å². The largest absolute Gasteiger partial charge is 0.365 e. The Balaban J connectivity index is 3.46. The van der Waals surface area contributed by atoms with E-state index in [0.29, 0.717) is 5.56 Å². The van der Waals surface area contributed by atoms with Crippen LogP contribution in [0.2, 0.25) is 5.02 Å². The number of hydrogen-bond donors (Lipinski definition) is 1. The Kier molecular flexibility index (Phi) is 2.71. The molecule has 74 valence electrons. The molecule has 0 saturated heterocycles. The number of nitrogens with two attached hydrogens (primary N) is 1. The van der Waals surface area contributed by atoms with E-state index < -0.39 is 10.8 Å². The normalized spacial score (nSPS) is 9.86. The molecule has 0 aliphatic heterocycles. The number of primary amides is 1. The van der Waals surface area contributed by atoms with Crippen LogP contribution in [0.4, 0.5) is 5.69 Å². The van der Waals surface area contributed by atoms with E-state index in [4.69, 9.17) is 17.3 Å². The molecule has 1 aromatic carbocycles. The first kappa shape index (κ1) is 10.5. The highest BCUT2D eigenvalue weighted by molar-refractivity contribution is 6.31. The lowest BCUT2D eigenvalue weighted by atomic mass is 10.1. The highest BCUT2D eigenvalue weighted by atomic mass is 35.5. The number of nitro benzene ring substituents is 1. The molecule has 0 atom stereocenters. The van der Waals surface area contributed by atoms with Crippen molar-refractivity contribution in [2.24, 2.45) is 5.73 Å². The number of benzene rings is 1. The molecule has 1 rings (SSSR count). The lowest BCUT2D eigenvalue weighted by Gasteiger charge is -2.02. The van der Waals surface area contributed by atoms with Crippen molar-refractivity contribution in [3.05, 3.63) is 38.4 Å². The van der Waals surface area contributed by atoms with Crippen LogP contribution in [0.5, 0.6) is 0 Å². The molecule has 0 bridgehead atoms. The average Bonchev–Trinajstić information content (AvgIpc) is 2.08. The van der Waals surface area contributed by atoms with E-state index in [0.717, 1.165) is 0 Å². The van der Waals surface area contributed by atoms with Gasteiger partial charge >= 0.3 is 0 Å². The standard InChI is InChI=1S/C8H7ClN2O3/c1-4-2-7(11(13)14)5(8(10)12)3-6(4)9/h2-3H,1H3,(H2,10,12). The van der Waals surface area contributed by atoms with Gasteiger partial charge < -0.3 is 5.73 Å². The first-order valence-corrected chi connectivity index (χ1v) is 4.05. The number of hydrogen-bond acceptors (Lipinski definition) is 3. The van der Waals surface area contributed by atoms with Crippen LogP contribution in [0.3, 0.4) is 0 Å². The van der Waals surface area contributed by atoms with Gasteiger partial charge in [-0.2, -0.15) is 0 Å². The lowest BCUT2D eigenvalue weighted by molar-refractivity contribution is -0.385. The van der Waals surface area contributed by atoms with Crippen LogP contribution in [-0.2, 0) is 0 Å². The van der Waals surface area contributed by atoms with Gasteiger partial charge in [0.2, 0.25) is 0 Å². The molecule has 5 nitrogen and oxygen atoms in total. The van der Waals surface area contributed by atoms with Crippen LogP contribution in [-0.4, -0.2) is 10.8 Å². The van der Waals surface area contributed by atoms with Crippen molar-refractivity contribution in [1.29, 1.82) is 0 Å². The number of amides is 1. The van der Waals surface area contributed by atoms with E-state index in [1.807, 2.05) is 0 Å². The van der Waals surface area contributed by atoms with Gasteiger partial charge in [0.15, 0.2) is 0 Å². The fourth-order valence-corrected chi connectivity index (χ4v) is 1.18. The van der Waals surface area contributed by atoms with Crippen LogP contribution >= 0.6 is 11.6 Å². The van der Waals surface area contributed by atoms with Gasteiger partial charge in [-0.05, 0) is 18.6 Å². The van der Waals surface area contributed by atoms with Gasteiger partial charge in [0.25, 0.3) is 11.6 Å². The third-order valence-corrected chi connectivity index (χ3v) is 2.15. The van der Waals surface area contributed by atoms with E-state index in [1.165, 1.54) is 12.1 Å². The smallest absolute Gasteiger partial charge is 0.282 e. The fraction of sp³-hybridized carbons (Fsp3) is 0.125. The van der Waals surface area contributed by atoms with Gasteiger partial charge in [-0.1, -0.05) is 11.6 Å². The summed E-state index contributed by atoms with van der Waals surface area (Å²) in [6, 6.07) is 2.43. The molecule has 0 aliphatic carbocycles. The van der Waals surface area contributed by atoms with E-state index in [-0.39, 0.29) is 16.3 Å². The summed E-state index contributed by atoms with van der Waals surface area (Å²) in [5.41, 5.74) is 5.00. The molecule has 2 N–H and O–H groups in total. The van der Waals surface area contributed by atoms with Crippen molar-refractivity contribution in [3.8, 4) is 0 Å². The second-order valence-electron chi connectivity index (χ2n) is 2.74. The van der Waals surface area contributed by atoms with E-state index in [2.05, 4.69) is 0 Å². The monoisotopic (exact) mass is 214 g/mol. The number of nitro groups is 1. The summed E-state index contributed by atoms with van der Waals surface area (Å²) in [6.07, 6.45) is 0. The topological polar surface area (TPSA) is 86.2 Å². The molecule has 0 fully saturated rings. The van der Waals surface area contributed by atoms with Crippen LogP contribution in [0.25, 0.3) is 0 Å². The van der Waals surface area contributed by atoms with Gasteiger partial charge in [-0.15, -0.1) is 0 Å². The summed E-state index contributed by atoms with van der Waals surface area (Å²) in [5, 5.41) is 10.8. The molecule has 1 aromatic rings. The quantitative estimate of drug-likeness (QED) is 0.600. The average molecular weight is 215 g/mol. The maximum Gasteiger partial charge on any atom is 0.282 e. The minimum Gasteiger partial charge on any atom is -0.365 e. The molecule has 0 aliphatic rings. The Hall–Kier alpha value is -1.62. The van der Waals surface area contributed by atoms with E-state index >= 15 is 0 Å². The summed E-state index contributed by atoms with van der Waals surface area (Å²) in [7, 11) is 0. The van der Waals surface area contributed by atoms with Crippen molar-refractivity contribution in [2.45, 2.75) is 6.92 Å². The van der Waals surface area contributed by atoms with Crippen molar-refractivity contribution in [2.75, 3.05) is 0 Å². The van der Waals surface area contributed by atoms with Crippen molar-refractivity contribution in [3.63, 3.8) is 0 Å². The number of nitrogens with zero attached hydrogens (tertiary/aromatic N) is 1. The van der Waals surface area contributed by atoms with Crippen LogP contribution < -0.4 is 5.73 Å². The zero-order valence-corrected chi connectivity index (χ0v) is 8.04. The summed E-state index contributed by atoms with van der Waals surface area (Å²) >= 11 is 5.70. The van der Waals surface area contributed by atoms with Crippen molar-refractivity contribution >= 4 is 23.2 Å². The highest BCUT2D eigenvalue weighted by Gasteiger charge is 2.19. The van der Waals surface area contributed by atoms with Gasteiger partial charge in [0, 0.05) is 11.1 Å². The Morgan fingerprint density at radius 3 is 2.57 bits per heavy atom. The Bertz CT molecular complexity index is 378. The molecule has 0 heterocycles. The van der Waals surface area contributed by atoms with Gasteiger partial charge in [-0.25, -0.2) is 0 Å². The minimum atomic E-state index is -0.862. The minimum absolute atomic E-state index is 0.175.